The fraction of sp³-hybridized carbons (Fsp3) is 0.647. The van der Waals surface area contributed by atoms with Gasteiger partial charge in [0.05, 0.1) is 12.8 Å². The summed E-state index contributed by atoms with van der Waals surface area (Å²) in [6.07, 6.45) is 2.30. The molecular formula is C17H27ClN2O. The van der Waals surface area contributed by atoms with Crippen molar-refractivity contribution in [3.63, 3.8) is 0 Å². The van der Waals surface area contributed by atoms with E-state index in [9.17, 15) is 0 Å². The average Bonchev–Trinajstić information content (AvgIpc) is 2.46. The van der Waals surface area contributed by atoms with Crippen LogP contribution in [0.4, 0.5) is 5.69 Å². The molecule has 0 bridgehead atoms. The zero-order valence-electron chi connectivity index (χ0n) is 13.5. The normalized spacial score (nSPS) is 22.7. The summed E-state index contributed by atoms with van der Waals surface area (Å²) in [5.41, 5.74) is 1.12. The molecule has 2 rings (SSSR count). The predicted octanol–water partition coefficient (Wildman–Crippen LogP) is 3.95. The maximum Gasteiger partial charge on any atom is 0.142 e. The first kappa shape index (κ1) is 16.4. The number of halogens is 1. The van der Waals surface area contributed by atoms with Gasteiger partial charge in [-0.25, -0.2) is 0 Å². The molecule has 0 aromatic heterocycles. The van der Waals surface area contributed by atoms with Crippen molar-refractivity contribution in [2.45, 2.75) is 45.7 Å². The molecule has 0 amide bonds. The van der Waals surface area contributed by atoms with Crippen LogP contribution in [-0.2, 0) is 0 Å². The molecule has 0 saturated carbocycles. The van der Waals surface area contributed by atoms with Gasteiger partial charge in [-0.15, -0.1) is 0 Å². The van der Waals surface area contributed by atoms with Crippen molar-refractivity contribution in [1.29, 1.82) is 0 Å². The van der Waals surface area contributed by atoms with Crippen LogP contribution in [0.5, 0.6) is 5.75 Å². The number of nitrogens with zero attached hydrogens (tertiary/aromatic N) is 1. The van der Waals surface area contributed by atoms with Crippen molar-refractivity contribution in [3.05, 3.63) is 23.2 Å². The summed E-state index contributed by atoms with van der Waals surface area (Å²) in [5, 5.41) is 4.45. The standard InChI is InChI=1S/C17H27ClN2O/c1-5-15-10-19-14(8-12(2)3)11-20(15)16-9-13(18)6-7-17(16)21-4/h6-7,9,12,14-15,19H,5,8,10-11H2,1-4H3. The second-order valence-electron chi connectivity index (χ2n) is 6.27. The van der Waals surface area contributed by atoms with Crippen molar-refractivity contribution in [3.8, 4) is 5.75 Å². The SMILES string of the molecule is CCC1CNC(CC(C)C)CN1c1cc(Cl)ccc1OC. The lowest BCUT2D eigenvalue weighted by atomic mass is 9.98. The highest BCUT2D eigenvalue weighted by Crippen LogP contribution is 2.34. The monoisotopic (exact) mass is 310 g/mol. The van der Waals surface area contributed by atoms with Crippen molar-refractivity contribution >= 4 is 17.3 Å². The molecule has 4 heteroatoms. The fourth-order valence-electron chi connectivity index (χ4n) is 3.14. The highest BCUT2D eigenvalue weighted by Gasteiger charge is 2.29. The van der Waals surface area contributed by atoms with Gasteiger partial charge in [0, 0.05) is 30.2 Å². The summed E-state index contributed by atoms with van der Waals surface area (Å²) in [7, 11) is 1.72. The summed E-state index contributed by atoms with van der Waals surface area (Å²) < 4.78 is 5.54. The van der Waals surface area contributed by atoms with Gasteiger partial charge in [-0.05, 0) is 37.0 Å². The Balaban J connectivity index is 2.26. The third-order valence-electron chi connectivity index (χ3n) is 4.18. The van der Waals surface area contributed by atoms with Gasteiger partial charge in [0.25, 0.3) is 0 Å². The van der Waals surface area contributed by atoms with E-state index in [1.807, 2.05) is 18.2 Å². The number of rotatable bonds is 5. The maximum absolute atomic E-state index is 6.21. The van der Waals surface area contributed by atoms with Gasteiger partial charge >= 0.3 is 0 Å². The molecule has 2 unspecified atom stereocenters. The molecule has 0 spiro atoms. The molecule has 1 fully saturated rings. The van der Waals surface area contributed by atoms with Crippen LogP contribution in [0.25, 0.3) is 0 Å². The van der Waals surface area contributed by atoms with E-state index < -0.39 is 0 Å². The van der Waals surface area contributed by atoms with Crippen LogP contribution < -0.4 is 15.0 Å². The molecule has 118 valence electrons. The van der Waals surface area contributed by atoms with Gasteiger partial charge in [-0.2, -0.15) is 0 Å². The Bertz CT molecular complexity index is 464. The van der Waals surface area contributed by atoms with Crippen LogP contribution in [0.1, 0.15) is 33.6 Å². The molecule has 0 radical (unpaired) electrons. The minimum Gasteiger partial charge on any atom is -0.495 e. The molecular weight excluding hydrogens is 284 g/mol. The largest absolute Gasteiger partial charge is 0.495 e. The van der Waals surface area contributed by atoms with Crippen molar-refractivity contribution in [1.82, 2.24) is 5.32 Å². The molecule has 1 aliphatic heterocycles. The first-order valence-electron chi connectivity index (χ1n) is 7.88. The molecule has 1 saturated heterocycles. The van der Waals surface area contributed by atoms with Gasteiger partial charge in [0.15, 0.2) is 0 Å². The van der Waals surface area contributed by atoms with Crippen molar-refractivity contribution < 1.29 is 4.74 Å². The molecule has 3 nitrogen and oxygen atoms in total. The van der Waals surface area contributed by atoms with Crippen LogP contribution in [0, 0.1) is 5.92 Å². The topological polar surface area (TPSA) is 24.5 Å². The number of ether oxygens (including phenoxy) is 1. The first-order chi connectivity index (χ1) is 10.0. The Morgan fingerprint density at radius 3 is 2.81 bits per heavy atom. The van der Waals surface area contributed by atoms with Gasteiger partial charge < -0.3 is 15.0 Å². The maximum atomic E-state index is 6.21. The Labute approximate surface area is 133 Å². The molecule has 2 atom stereocenters. The minimum absolute atomic E-state index is 0.487. The van der Waals surface area contributed by atoms with E-state index in [-0.39, 0.29) is 0 Å². The minimum atomic E-state index is 0.487. The number of hydrogen-bond acceptors (Lipinski definition) is 3. The van der Waals surface area contributed by atoms with E-state index in [4.69, 9.17) is 16.3 Å². The highest BCUT2D eigenvalue weighted by molar-refractivity contribution is 6.30. The van der Waals surface area contributed by atoms with E-state index >= 15 is 0 Å². The quantitative estimate of drug-likeness (QED) is 0.891. The van der Waals surface area contributed by atoms with E-state index in [0.29, 0.717) is 18.0 Å². The molecule has 1 N–H and O–H groups in total. The molecule has 0 aliphatic carbocycles. The summed E-state index contributed by atoms with van der Waals surface area (Å²) >= 11 is 6.21. The number of hydrogen-bond donors (Lipinski definition) is 1. The van der Waals surface area contributed by atoms with Crippen LogP contribution in [0.15, 0.2) is 18.2 Å². The van der Waals surface area contributed by atoms with E-state index in [0.717, 1.165) is 36.0 Å². The Hall–Kier alpha value is -0.930. The van der Waals surface area contributed by atoms with Crippen LogP contribution >= 0.6 is 11.6 Å². The summed E-state index contributed by atoms with van der Waals surface area (Å²) in [4.78, 5) is 2.47. The summed E-state index contributed by atoms with van der Waals surface area (Å²) in [6, 6.07) is 6.89. The van der Waals surface area contributed by atoms with Crippen molar-refractivity contribution in [2.75, 3.05) is 25.1 Å². The average molecular weight is 311 g/mol. The number of benzene rings is 1. The third-order valence-corrected chi connectivity index (χ3v) is 4.41. The van der Waals surface area contributed by atoms with Crippen molar-refractivity contribution in [2.24, 2.45) is 5.92 Å². The van der Waals surface area contributed by atoms with Crippen LogP contribution in [-0.4, -0.2) is 32.3 Å². The predicted molar refractivity (Wildman–Crippen MR) is 90.7 cm³/mol. The van der Waals surface area contributed by atoms with Crippen LogP contribution in [0.3, 0.4) is 0 Å². The zero-order valence-corrected chi connectivity index (χ0v) is 14.3. The molecule has 1 aromatic rings. The lowest BCUT2D eigenvalue weighted by Gasteiger charge is -2.42. The number of nitrogens with one attached hydrogen (secondary N) is 1. The van der Waals surface area contributed by atoms with E-state index in [1.54, 1.807) is 7.11 Å². The summed E-state index contributed by atoms with van der Waals surface area (Å²) in [5.74, 6) is 1.60. The summed E-state index contributed by atoms with van der Waals surface area (Å²) in [6.45, 7) is 8.81. The number of anilines is 1. The lowest BCUT2D eigenvalue weighted by molar-refractivity contribution is 0.339. The van der Waals surface area contributed by atoms with Crippen LogP contribution in [0.2, 0.25) is 5.02 Å². The number of methoxy groups -OCH3 is 1. The molecule has 1 aliphatic rings. The van der Waals surface area contributed by atoms with Gasteiger partial charge in [-0.3, -0.25) is 0 Å². The second kappa shape index (κ2) is 7.37. The third kappa shape index (κ3) is 4.04. The molecule has 1 aromatic carbocycles. The number of piperazine rings is 1. The van der Waals surface area contributed by atoms with Gasteiger partial charge in [0.1, 0.15) is 5.75 Å². The molecule has 1 heterocycles. The Kier molecular flexibility index (Phi) is 5.77. The van der Waals surface area contributed by atoms with E-state index in [1.165, 1.54) is 6.42 Å². The Morgan fingerprint density at radius 2 is 2.19 bits per heavy atom. The zero-order chi connectivity index (χ0) is 15.4. The van der Waals surface area contributed by atoms with Gasteiger partial charge in [-0.1, -0.05) is 32.4 Å². The van der Waals surface area contributed by atoms with E-state index in [2.05, 4.69) is 31.0 Å². The first-order valence-corrected chi connectivity index (χ1v) is 8.26. The second-order valence-corrected chi connectivity index (χ2v) is 6.70. The highest BCUT2D eigenvalue weighted by atomic mass is 35.5. The molecule has 21 heavy (non-hydrogen) atoms. The Morgan fingerprint density at radius 1 is 1.43 bits per heavy atom. The fourth-order valence-corrected chi connectivity index (χ4v) is 3.30. The smallest absolute Gasteiger partial charge is 0.142 e. The lowest BCUT2D eigenvalue weighted by Crippen LogP contribution is -2.56. The van der Waals surface area contributed by atoms with Gasteiger partial charge in [0.2, 0.25) is 0 Å².